The first-order valence-corrected chi connectivity index (χ1v) is 8.76. The SMILES string of the molecule is O=C(CNCC1CC1)Nc1ccc(CCn2cc(Br)cn2)cc1. The van der Waals surface area contributed by atoms with E-state index in [0.29, 0.717) is 6.54 Å². The third kappa shape index (κ3) is 5.48. The van der Waals surface area contributed by atoms with Crippen LogP contribution in [0.5, 0.6) is 0 Å². The molecule has 1 fully saturated rings. The number of halogens is 1. The fraction of sp³-hybridized carbons (Fsp3) is 0.412. The average molecular weight is 377 g/mol. The second-order valence-electron chi connectivity index (χ2n) is 5.99. The van der Waals surface area contributed by atoms with Gasteiger partial charge >= 0.3 is 0 Å². The molecule has 0 radical (unpaired) electrons. The number of rotatable bonds is 8. The van der Waals surface area contributed by atoms with Gasteiger partial charge in [-0.05, 0) is 65.4 Å². The lowest BCUT2D eigenvalue weighted by Crippen LogP contribution is -2.29. The van der Waals surface area contributed by atoms with E-state index in [-0.39, 0.29) is 5.91 Å². The minimum absolute atomic E-state index is 0.0137. The number of aryl methyl sites for hydroxylation is 2. The Bertz CT molecular complexity index is 649. The Morgan fingerprint density at radius 1 is 1.30 bits per heavy atom. The highest BCUT2D eigenvalue weighted by Crippen LogP contribution is 2.27. The van der Waals surface area contributed by atoms with Gasteiger partial charge in [-0.15, -0.1) is 0 Å². The molecule has 1 aliphatic rings. The number of nitrogens with zero attached hydrogens (tertiary/aromatic N) is 2. The number of carbonyl (C=O) groups is 1. The van der Waals surface area contributed by atoms with Gasteiger partial charge in [-0.3, -0.25) is 9.48 Å². The molecular weight excluding hydrogens is 356 g/mol. The van der Waals surface area contributed by atoms with Crippen LogP contribution in [0.25, 0.3) is 0 Å². The highest BCUT2D eigenvalue weighted by Gasteiger charge is 2.20. The van der Waals surface area contributed by atoms with Crippen molar-refractivity contribution in [3.05, 3.63) is 46.7 Å². The van der Waals surface area contributed by atoms with Crippen LogP contribution >= 0.6 is 15.9 Å². The molecule has 0 atom stereocenters. The molecule has 1 aromatic carbocycles. The average Bonchev–Trinajstić information content (AvgIpc) is 3.27. The van der Waals surface area contributed by atoms with Crippen molar-refractivity contribution in [3.63, 3.8) is 0 Å². The van der Waals surface area contributed by atoms with Gasteiger partial charge in [-0.25, -0.2) is 0 Å². The summed E-state index contributed by atoms with van der Waals surface area (Å²) >= 11 is 3.39. The van der Waals surface area contributed by atoms with Gasteiger partial charge in [0, 0.05) is 18.4 Å². The zero-order chi connectivity index (χ0) is 16.1. The molecule has 2 N–H and O–H groups in total. The van der Waals surface area contributed by atoms with Crippen LogP contribution in [-0.2, 0) is 17.8 Å². The summed E-state index contributed by atoms with van der Waals surface area (Å²) in [7, 11) is 0. The van der Waals surface area contributed by atoms with Gasteiger partial charge in [0.1, 0.15) is 0 Å². The lowest BCUT2D eigenvalue weighted by molar-refractivity contribution is -0.115. The largest absolute Gasteiger partial charge is 0.325 e. The van der Waals surface area contributed by atoms with Gasteiger partial charge in [0.05, 0.1) is 17.2 Å². The Hall–Kier alpha value is -1.66. The maximum Gasteiger partial charge on any atom is 0.238 e. The predicted octanol–water partition coefficient (Wildman–Crippen LogP) is 2.83. The lowest BCUT2D eigenvalue weighted by atomic mass is 10.1. The molecule has 2 aromatic rings. The Balaban J connectivity index is 1.41. The molecular formula is C17H21BrN4O. The number of benzene rings is 1. The zero-order valence-corrected chi connectivity index (χ0v) is 14.6. The molecule has 5 nitrogen and oxygen atoms in total. The number of aromatic nitrogens is 2. The number of carbonyl (C=O) groups excluding carboxylic acids is 1. The van der Waals surface area contributed by atoms with Crippen LogP contribution in [0.15, 0.2) is 41.1 Å². The van der Waals surface area contributed by atoms with E-state index in [4.69, 9.17) is 0 Å². The summed E-state index contributed by atoms with van der Waals surface area (Å²) < 4.78 is 2.90. The first kappa shape index (κ1) is 16.2. The Morgan fingerprint density at radius 2 is 2.09 bits per heavy atom. The van der Waals surface area contributed by atoms with E-state index in [1.165, 1.54) is 18.4 Å². The van der Waals surface area contributed by atoms with Crippen molar-refractivity contribution in [1.82, 2.24) is 15.1 Å². The van der Waals surface area contributed by atoms with Crippen LogP contribution in [0.3, 0.4) is 0 Å². The smallest absolute Gasteiger partial charge is 0.238 e. The second-order valence-corrected chi connectivity index (χ2v) is 6.91. The third-order valence-electron chi connectivity index (χ3n) is 3.88. The zero-order valence-electron chi connectivity index (χ0n) is 13.0. The fourth-order valence-electron chi connectivity index (χ4n) is 2.38. The predicted molar refractivity (Wildman–Crippen MR) is 94.3 cm³/mol. The standard InChI is InChI=1S/C17H21BrN4O/c18-15-10-20-22(12-15)8-7-13-3-5-16(6-4-13)21-17(23)11-19-9-14-1-2-14/h3-6,10,12,14,19H,1-2,7-9,11H2,(H,21,23). The van der Waals surface area contributed by atoms with Crippen molar-refractivity contribution in [2.45, 2.75) is 25.8 Å². The second kappa shape index (κ2) is 7.75. The van der Waals surface area contributed by atoms with E-state index in [1.54, 1.807) is 6.20 Å². The summed E-state index contributed by atoms with van der Waals surface area (Å²) in [6.45, 7) is 2.17. The van der Waals surface area contributed by atoms with Crippen molar-refractivity contribution >= 4 is 27.5 Å². The molecule has 3 rings (SSSR count). The molecule has 0 bridgehead atoms. The van der Waals surface area contributed by atoms with Crippen LogP contribution in [-0.4, -0.2) is 28.8 Å². The molecule has 23 heavy (non-hydrogen) atoms. The summed E-state index contributed by atoms with van der Waals surface area (Å²) in [5, 5.41) is 10.3. The summed E-state index contributed by atoms with van der Waals surface area (Å²) in [5.74, 6) is 0.803. The Morgan fingerprint density at radius 3 is 2.74 bits per heavy atom. The molecule has 1 aromatic heterocycles. The number of hydrogen-bond acceptors (Lipinski definition) is 3. The highest BCUT2D eigenvalue weighted by molar-refractivity contribution is 9.10. The highest BCUT2D eigenvalue weighted by atomic mass is 79.9. The van der Waals surface area contributed by atoms with E-state index >= 15 is 0 Å². The lowest BCUT2D eigenvalue weighted by Gasteiger charge is -2.08. The van der Waals surface area contributed by atoms with Crippen molar-refractivity contribution in [1.29, 1.82) is 0 Å². The fourth-order valence-corrected chi connectivity index (χ4v) is 2.70. The molecule has 1 aliphatic carbocycles. The monoisotopic (exact) mass is 376 g/mol. The van der Waals surface area contributed by atoms with Gasteiger partial charge in [-0.1, -0.05) is 12.1 Å². The normalized spacial score (nSPS) is 14.0. The quantitative estimate of drug-likeness (QED) is 0.744. The van der Waals surface area contributed by atoms with Crippen molar-refractivity contribution in [2.24, 2.45) is 5.92 Å². The van der Waals surface area contributed by atoms with Gasteiger partial charge in [0.25, 0.3) is 0 Å². The van der Waals surface area contributed by atoms with E-state index in [9.17, 15) is 4.79 Å². The molecule has 1 heterocycles. The van der Waals surface area contributed by atoms with Gasteiger partial charge in [-0.2, -0.15) is 5.10 Å². The molecule has 0 aliphatic heterocycles. The van der Waals surface area contributed by atoms with Crippen molar-refractivity contribution in [2.75, 3.05) is 18.4 Å². The summed E-state index contributed by atoms with van der Waals surface area (Å²) in [5.41, 5.74) is 2.07. The number of anilines is 1. The summed E-state index contributed by atoms with van der Waals surface area (Å²) in [4.78, 5) is 11.8. The Labute approximate surface area is 144 Å². The van der Waals surface area contributed by atoms with Gasteiger partial charge in [0.2, 0.25) is 5.91 Å². The first-order valence-electron chi connectivity index (χ1n) is 7.96. The van der Waals surface area contributed by atoms with Gasteiger partial charge in [0.15, 0.2) is 0 Å². The molecule has 0 unspecified atom stereocenters. The molecule has 1 amide bonds. The minimum Gasteiger partial charge on any atom is -0.325 e. The van der Waals surface area contributed by atoms with Crippen LogP contribution in [0.1, 0.15) is 18.4 Å². The van der Waals surface area contributed by atoms with Crippen LogP contribution in [0.4, 0.5) is 5.69 Å². The maximum absolute atomic E-state index is 11.8. The first-order chi connectivity index (χ1) is 11.2. The van der Waals surface area contributed by atoms with Crippen molar-refractivity contribution in [3.8, 4) is 0 Å². The minimum atomic E-state index is 0.0137. The maximum atomic E-state index is 11.8. The topological polar surface area (TPSA) is 59.0 Å². The van der Waals surface area contributed by atoms with E-state index in [1.807, 2.05) is 35.1 Å². The molecule has 1 saturated carbocycles. The number of hydrogen-bond donors (Lipinski definition) is 2. The van der Waals surface area contributed by atoms with Crippen LogP contribution in [0, 0.1) is 5.92 Å². The van der Waals surface area contributed by atoms with Gasteiger partial charge < -0.3 is 10.6 Å². The Kier molecular flexibility index (Phi) is 5.46. The van der Waals surface area contributed by atoms with E-state index < -0.39 is 0 Å². The number of amides is 1. The third-order valence-corrected chi connectivity index (χ3v) is 4.29. The molecule has 122 valence electrons. The summed E-state index contributed by atoms with van der Waals surface area (Å²) in [6.07, 6.45) is 7.25. The summed E-state index contributed by atoms with van der Waals surface area (Å²) in [6, 6.07) is 8.00. The number of nitrogens with one attached hydrogen (secondary N) is 2. The molecule has 0 saturated heterocycles. The van der Waals surface area contributed by atoms with Crippen LogP contribution < -0.4 is 10.6 Å². The van der Waals surface area contributed by atoms with E-state index in [0.717, 1.165) is 35.6 Å². The molecule has 0 spiro atoms. The van der Waals surface area contributed by atoms with E-state index in [2.05, 4.69) is 31.7 Å². The van der Waals surface area contributed by atoms with Crippen molar-refractivity contribution < 1.29 is 4.79 Å². The molecule has 6 heteroatoms. The van der Waals surface area contributed by atoms with Crippen LogP contribution in [0.2, 0.25) is 0 Å².